The van der Waals surface area contributed by atoms with Crippen LogP contribution in [0.1, 0.15) is 11.3 Å². The highest BCUT2D eigenvalue weighted by Gasteiger charge is 2.31. The zero-order valence-electron chi connectivity index (χ0n) is 15.0. The standard InChI is InChI=1S/C20H12Cl2F3N3OS/c21-13-4-1-11(2-5-13)17-9-28-14(10-30-19(28)27-17)8-18(29)26-16-7-12(20(23,24)25)3-6-15(16)22/h1-7,9-10H,8H2,(H,26,29). The molecular weight excluding hydrogens is 458 g/mol. The number of amides is 1. The number of imidazole rings is 1. The van der Waals surface area contributed by atoms with Gasteiger partial charge in [0, 0.05) is 27.9 Å². The van der Waals surface area contributed by atoms with E-state index in [1.807, 2.05) is 12.1 Å². The smallest absolute Gasteiger partial charge is 0.324 e. The van der Waals surface area contributed by atoms with Crippen molar-refractivity contribution in [3.8, 4) is 11.3 Å². The molecule has 0 fully saturated rings. The van der Waals surface area contributed by atoms with Gasteiger partial charge in [0.15, 0.2) is 4.96 Å². The number of anilines is 1. The average Bonchev–Trinajstić information content (AvgIpc) is 3.25. The number of nitrogens with one attached hydrogen (secondary N) is 1. The second kappa shape index (κ2) is 7.94. The van der Waals surface area contributed by atoms with Crippen molar-refractivity contribution < 1.29 is 18.0 Å². The van der Waals surface area contributed by atoms with Gasteiger partial charge in [-0.2, -0.15) is 13.2 Å². The van der Waals surface area contributed by atoms with Gasteiger partial charge in [0.25, 0.3) is 0 Å². The molecule has 0 spiro atoms. The van der Waals surface area contributed by atoms with Gasteiger partial charge in [-0.25, -0.2) is 4.98 Å². The highest BCUT2D eigenvalue weighted by molar-refractivity contribution is 7.15. The lowest BCUT2D eigenvalue weighted by atomic mass is 10.2. The van der Waals surface area contributed by atoms with Gasteiger partial charge in [-0.1, -0.05) is 35.3 Å². The zero-order chi connectivity index (χ0) is 21.5. The lowest BCUT2D eigenvalue weighted by Crippen LogP contribution is -2.16. The van der Waals surface area contributed by atoms with Crippen molar-refractivity contribution in [2.24, 2.45) is 0 Å². The van der Waals surface area contributed by atoms with Gasteiger partial charge in [-0.05, 0) is 30.3 Å². The number of alkyl halides is 3. The van der Waals surface area contributed by atoms with Crippen LogP contribution in [0.2, 0.25) is 10.0 Å². The molecule has 1 amide bonds. The van der Waals surface area contributed by atoms with Gasteiger partial charge in [0.05, 0.1) is 28.4 Å². The van der Waals surface area contributed by atoms with Crippen LogP contribution in [0, 0.1) is 0 Å². The summed E-state index contributed by atoms with van der Waals surface area (Å²) in [5, 5.41) is 4.88. The Bertz CT molecular complexity index is 1230. The first kappa shape index (κ1) is 20.7. The maximum atomic E-state index is 12.9. The highest BCUT2D eigenvalue weighted by atomic mass is 35.5. The topological polar surface area (TPSA) is 46.4 Å². The van der Waals surface area contributed by atoms with Crippen LogP contribution in [0.3, 0.4) is 0 Å². The van der Waals surface area contributed by atoms with Crippen molar-refractivity contribution in [1.29, 1.82) is 0 Å². The molecule has 0 saturated heterocycles. The number of nitrogens with zero attached hydrogens (tertiary/aromatic N) is 2. The number of thiazole rings is 1. The molecule has 0 aliphatic rings. The van der Waals surface area contributed by atoms with E-state index in [2.05, 4.69) is 10.3 Å². The second-order valence-electron chi connectivity index (χ2n) is 6.43. The summed E-state index contributed by atoms with van der Waals surface area (Å²) in [4.78, 5) is 17.7. The fourth-order valence-corrected chi connectivity index (χ4v) is 4.04. The van der Waals surface area contributed by atoms with Crippen LogP contribution in [-0.2, 0) is 17.4 Å². The molecule has 10 heteroatoms. The fraction of sp³-hybridized carbons (Fsp3) is 0.100. The average molecular weight is 470 g/mol. The van der Waals surface area contributed by atoms with E-state index < -0.39 is 17.6 Å². The van der Waals surface area contributed by atoms with Crippen LogP contribution in [0.5, 0.6) is 0 Å². The molecule has 0 saturated carbocycles. The summed E-state index contributed by atoms with van der Waals surface area (Å²) < 4.78 is 40.5. The lowest BCUT2D eigenvalue weighted by Gasteiger charge is -2.11. The highest BCUT2D eigenvalue weighted by Crippen LogP contribution is 2.34. The van der Waals surface area contributed by atoms with Gasteiger partial charge in [-0.3, -0.25) is 9.20 Å². The third kappa shape index (κ3) is 4.30. The minimum absolute atomic E-state index is 0.0273. The largest absolute Gasteiger partial charge is 0.416 e. The third-order valence-electron chi connectivity index (χ3n) is 4.33. The summed E-state index contributed by atoms with van der Waals surface area (Å²) in [6.07, 6.45) is -2.78. The summed E-state index contributed by atoms with van der Waals surface area (Å²) in [7, 11) is 0. The molecular formula is C20H12Cl2F3N3OS. The molecule has 0 aliphatic carbocycles. The Labute approximate surface area is 182 Å². The van der Waals surface area contributed by atoms with Gasteiger partial charge in [0.1, 0.15) is 0 Å². The first-order chi connectivity index (χ1) is 14.2. The summed E-state index contributed by atoms with van der Waals surface area (Å²) >= 11 is 13.2. The molecule has 1 N–H and O–H groups in total. The van der Waals surface area contributed by atoms with Crippen LogP contribution >= 0.6 is 34.5 Å². The maximum absolute atomic E-state index is 12.9. The summed E-state index contributed by atoms with van der Waals surface area (Å²) in [6, 6.07) is 10.0. The van der Waals surface area contributed by atoms with Crippen LogP contribution in [0.25, 0.3) is 16.2 Å². The Morgan fingerprint density at radius 1 is 1.13 bits per heavy atom. The Kier molecular flexibility index (Phi) is 5.48. The molecule has 2 heterocycles. The first-order valence-electron chi connectivity index (χ1n) is 8.59. The fourth-order valence-electron chi connectivity index (χ4n) is 2.87. The quantitative estimate of drug-likeness (QED) is 0.367. The predicted octanol–water partition coefficient (Wildman–Crippen LogP) is 6.57. The van der Waals surface area contributed by atoms with Crippen molar-refractivity contribution in [3.05, 3.63) is 75.3 Å². The van der Waals surface area contributed by atoms with Gasteiger partial charge < -0.3 is 5.32 Å². The molecule has 2 aromatic heterocycles. The number of halogens is 5. The predicted molar refractivity (Wildman–Crippen MR) is 112 cm³/mol. The van der Waals surface area contributed by atoms with Gasteiger partial charge in [0.2, 0.25) is 5.91 Å². The molecule has 0 atom stereocenters. The Morgan fingerprint density at radius 2 is 1.87 bits per heavy atom. The molecule has 2 aromatic carbocycles. The molecule has 0 radical (unpaired) electrons. The lowest BCUT2D eigenvalue weighted by molar-refractivity contribution is -0.137. The van der Waals surface area contributed by atoms with E-state index in [1.54, 1.807) is 28.1 Å². The first-order valence-corrected chi connectivity index (χ1v) is 10.2. The second-order valence-corrected chi connectivity index (χ2v) is 8.11. The normalized spacial score (nSPS) is 11.8. The summed E-state index contributed by atoms with van der Waals surface area (Å²) in [6.45, 7) is 0. The van der Waals surface area contributed by atoms with Crippen molar-refractivity contribution in [3.63, 3.8) is 0 Å². The van der Waals surface area contributed by atoms with E-state index in [0.717, 1.165) is 29.5 Å². The minimum atomic E-state index is -4.53. The van der Waals surface area contributed by atoms with E-state index >= 15 is 0 Å². The third-order valence-corrected chi connectivity index (χ3v) is 5.80. The maximum Gasteiger partial charge on any atom is 0.416 e. The van der Waals surface area contributed by atoms with Gasteiger partial charge >= 0.3 is 6.18 Å². The van der Waals surface area contributed by atoms with Crippen molar-refractivity contribution in [2.75, 3.05) is 5.32 Å². The number of aromatic nitrogens is 2. The number of carbonyl (C=O) groups is 1. The molecule has 0 bridgehead atoms. The van der Waals surface area contributed by atoms with Gasteiger partial charge in [-0.15, -0.1) is 11.3 Å². The number of rotatable bonds is 4. The SMILES string of the molecule is O=C(Cc1csc2nc(-c3ccc(Cl)cc3)cn12)Nc1cc(C(F)(F)F)ccc1Cl. The van der Waals surface area contributed by atoms with Crippen molar-refractivity contribution in [2.45, 2.75) is 12.6 Å². The van der Waals surface area contributed by atoms with E-state index in [-0.39, 0.29) is 17.1 Å². The van der Waals surface area contributed by atoms with E-state index in [9.17, 15) is 18.0 Å². The van der Waals surface area contributed by atoms with E-state index in [4.69, 9.17) is 23.2 Å². The number of hydrogen-bond acceptors (Lipinski definition) is 3. The van der Waals surface area contributed by atoms with Crippen molar-refractivity contribution in [1.82, 2.24) is 9.38 Å². The molecule has 0 aliphatic heterocycles. The molecule has 4 aromatic rings. The minimum Gasteiger partial charge on any atom is -0.324 e. The number of fused-ring (bicyclic) bond motifs is 1. The van der Waals surface area contributed by atoms with E-state index in [1.165, 1.54) is 11.3 Å². The Hall–Kier alpha value is -2.55. The number of benzene rings is 2. The van der Waals surface area contributed by atoms with Crippen LogP contribution < -0.4 is 5.32 Å². The molecule has 4 rings (SSSR count). The van der Waals surface area contributed by atoms with Crippen LogP contribution in [0.15, 0.2) is 54.0 Å². The monoisotopic (exact) mass is 469 g/mol. The molecule has 154 valence electrons. The summed E-state index contributed by atoms with van der Waals surface area (Å²) in [5.74, 6) is -0.488. The van der Waals surface area contributed by atoms with Crippen LogP contribution in [0.4, 0.5) is 18.9 Å². The molecule has 30 heavy (non-hydrogen) atoms. The number of carbonyl (C=O) groups excluding carboxylic acids is 1. The Morgan fingerprint density at radius 3 is 2.57 bits per heavy atom. The van der Waals surface area contributed by atoms with Crippen LogP contribution in [-0.4, -0.2) is 15.3 Å². The number of hydrogen-bond donors (Lipinski definition) is 1. The zero-order valence-corrected chi connectivity index (χ0v) is 17.3. The van der Waals surface area contributed by atoms with Crippen molar-refractivity contribution >= 4 is 51.1 Å². The Balaban J connectivity index is 1.55. The molecule has 4 nitrogen and oxygen atoms in total. The summed E-state index contributed by atoms with van der Waals surface area (Å²) in [5.41, 5.74) is 1.28. The molecule has 0 unspecified atom stereocenters. The van der Waals surface area contributed by atoms with E-state index in [0.29, 0.717) is 15.7 Å².